The van der Waals surface area contributed by atoms with Crippen molar-refractivity contribution < 1.29 is 13.2 Å². The molecule has 0 aliphatic rings. The van der Waals surface area contributed by atoms with Gasteiger partial charge in [0, 0.05) is 11.8 Å². The van der Waals surface area contributed by atoms with Gasteiger partial charge >= 0.3 is 6.18 Å². The van der Waals surface area contributed by atoms with Gasteiger partial charge in [0.2, 0.25) is 0 Å². The van der Waals surface area contributed by atoms with Crippen LogP contribution in [0.1, 0.15) is 11.1 Å². The number of alkyl halides is 3. The first-order chi connectivity index (χ1) is 8.79. The molecule has 0 aliphatic heterocycles. The zero-order valence-electron chi connectivity index (χ0n) is 9.92. The lowest BCUT2D eigenvalue weighted by molar-refractivity contribution is -0.137. The molecule has 2 N–H and O–H groups in total. The maximum atomic E-state index is 12.6. The van der Waals surface area contributed by atoms with Gasteiger partial charge in [-0.25, -0.2) is 4.98 Å². The minimum Gasteiger partial charge on any atom is -0.383 e. The normalized spacial score (nSPS) is 11.6. The summed E-state index contributed by atoms with van der Waals surface area (Å²) < 4.78 is 37.8. The standard InChI is InChI=1S/C13H10ClF3N2/c1-7-4-9(6-19-12(7)18)8-2-3-10(11(14)5-8)13(15,16)17/h2-6H,1H3,(H2,18,19). The number of aromatic nitrogens is 1. The van der Waals surface area contributed by atoms with E-state index >= 15 is 0 Å². The monoisotopic (exact) mass is 286 g/mol. The van der Waals surface area contributed by atoms with E-state index in [4.69, 9.17) is 17.3 Å². The Morgan fingerprint density at radius 2 is 1.84 bits per heavy atom. The number of nitrogens with two attached hydrogens (primary N) is 1. The molecule has 1 heterocycles. The number of pyridine rings is 1. The third-order valence-corrected chi connectivity index (χ3v) is 3.04. The Morgan fingerprint density at radius 3 is 2.37 bits per heavy atom. The summed E-state index contributed by atoms with van der Waals surface area (Å²) >= 11 is 5.67. The molecule has 0 spiro atoms. The molecule has 1 aromatic heterocycles. The van der Waals surface area contributed by atoms with Crippen LogP contribution in [0.15, 0.2) is 30.5 Å². The first-order valence-electron chi connectivity index (χ1n) is 5.38. The molecule has 0 aliphatic carbocycles. The van der Waals surface area contributed by atoms with Crippen LogP contribution < -0.4 is 5.73 Å². The fraction of sp³-hybridized carbons (Fsp3) is 0.154. The molecule has 0 radical (unpaired) electrons. The Morgan fingerprint density at radius 1 is 1.16 bits per heavy atom. The third-order valence-electron chi connectivity index (χ3n) is 2.73. The molecule has 0 amide bonds. The van der Waals surface area contributed by atoms with Crippen LogP contribution in [0.25, 0.3) is 11.1 Å². The fourth-order valence-corrected chi connectivity index (χ4v) is 1.96. The molecule has 6 heteroatoms. The van der Waals surface area contributed by atoms with Crippen LogP contribution in [0, 0.1) is 6.92 Å². The van der Waals surface area contributed by atoms with E-state index in [9.17, 15) is 13.2 Å². The average molecular weight is 287 g/mol. The molecule has 19 heavy (non-hydrogen) atoms. The highest BCUT2D eigenvalue weighted by atomic mass is 35.5. The Kier molecular flexibility index (Phi) is 3.41. The zero-order valence-corrected chi connectivity index (χ0v) is 10.7. The van der Waals surface area contributed by atoms with Gasteiger partial charge in [-0.3, -0.25) is 0 Å². The van der Waals surface area contributed by atoms with Gasteiger partial charge in [-0.15, -0.1) is 0 Å². The van der Waals surface area contributed by atoms with E-state index in [2.05, 4.69) is 4.98 Å². The fourth-order valence-electron chi connectivity index (χ4n) is 1.67. The molecule has 0 bridgehead atoms. The molecule has 0 atom stereocenters. The van der Waals surface area contributed by atoms with Crippen molar-refractivity contribution >= 4 is 17.4 Å². The van der Waals surface area contributed by atoms with Gasteiger partial charge in [-0.1, -0.05) is 17.7 Å². The van der Waals surface area contributed by atoms with E-state index in [-0.39, 0.29) is 5.02 Å². The maximum Gasteiger partial charge on any atom is 0.417 e. The smallest absolute Gasteiger partial charge is 0.383 e. The van der Waals surface area contributed by atoms with Crippen molar-refractivity contribution in [2.24, 2.45) is 0 Å². The van der Waals surface area contributed by atoms with Crippen LogP contribution in [-0.4, -0.2) is 4.98 Å². The first kappa shape index (κ1) is 13.7. The number of nitrogen functional groups attached to an aromatic ring is 1. The SMILES string of the molecule is Cc1cc(-c2ccc(C(F)(F)F)c(Cl)c2)cnc1N. The lowest BCUT2D eigenvalue weighted by Gasteiger charge is -2.11. The highest BCUT2D eigenvalue weighted by Gasteiger charge is 2.33. The van der Waals surface area contributed by atoms with Gasteiger partial charge in [-0.05, 0) is 36.2 Å². The van der Waals surface area contributed by atoms with Gasteiger partial charge in [0.15, 0.2) is 0 Å². The summed E-state index contributed by atoms with van der Waals surface area (Å²) in [6.45, 7) is 1.78. The second-order valence-corrected chi connectivity index (χ2v) is 4.53. The van der Waals surface area contributed by atoms with E-state index in [0.29, 0.717) is 16.9 Å². The number of hydrogen-bond acceptors (Lipinski definition) is 2. The Bertz CT molecular complexity index is 624. The lowest BCUT2D eigenvalue weighted by Crippen LogP contribution is -2.05. The van der Waals surface area contributed by atoms with Crippen molar-refractivity contribution in [3.05, 3.63) is 46.6 Å². The van der Waals surface area contributed by atoms with E-state index in [0.717, 1.165) is 11.6 Å². The number of benzene rings is 1. The molecule has 0 saturated carbocycles. The van der Waals surface area contributed by atoms with Crippen molar-refractivity contribution in [1.82, 2.24) is 4.98 Å². The van der Waals surface area contributed by atoms with E-state index in [1.807, 2.05) is 0 Å². The van der Waals surface area contributed by atoms with Crippen molar-refractivity contribution in [2.75, 3.05) is 5.73 Å². The number of aryl methyl sites for hydroxylation is 1. The number of nitrogens with zero attached hydrogens (tertiary/aromatic N) is 1. The number of rotatable bonds is 1. The van der Waals surface area contributed by atoms with Crippen LogP contribution in [0.4, 0.5) is 19.0 Å². The van der Waals surface area contributed by atoms with Crippen molar-refractivity contribution in [2.45, 2.75) is 13.1 Å². The maximum absolute atomic E-state index is 12.6. The largest absolute Gasteiger partial charge is 0.417 e. The van der Waals surface area contributed by atoms with Gasteiger partial charge in [0.05, 0.1) is 10.6 Å². The van der Waals surface area contributed by atoms with Crippen LogP contribution in [-0.2, 0) is 6.18 Å². The highest BCUT2D eigenvalue weighted by molar-refractivity contribution is 6.31. The van der Waals surface area contributed by atoms with E-state index in [1.54, 1.807) is 13.0 Å². The Labute approximate surface area is 113 Å². The summed E-state index contributed by atoms with van der Waals surface area (Å²) in [4.78, 5) is 3.97. The van der Waals surface area contributed by atoms with Crippen LogP contribution in [0.2, 0.25) is 5.02 Å². The number of anilines is 1. The molecule has 0 saturated heterocycles. The quantitative estimate of drug-likeness (QED) is 0.848. The summed E-state index contributed by atoms with van der Waals surface area (Å²) in [5, 5.41) is -0.334. The molecule has 0 unspecified atom stereocenters. The Hall–Kier alpha value is -1.75. The second-order valence-electron chi connectivity index (χ2n) is 4.12. The first-order valence-corrected chi connectivity index (χ1v) is 5.76. The van der Waals surface area contributed by atoms with Crippen molar-refractivity contribution in [3.8, 4) is 11.1 Å². The molecular weight excluding hydrogens is 277 g/mol. The highest BCUT2D eigenvalue weighted by Crippen LogP contribution is 2.36. The van der Waals surface area contributed by atoms with Crippen LogP contribution >= 0.6 is 11.6 Å². The summed E-state index contributed by atoms with van der Waals surface area (Å²) in [6.07, 6.45) is -2.95. The second kappa shape index (κ2) is 4.74. The number of halogens is 4. The summed E-state index contributed by atoms with van der Waals surface area (Å²) in [5.74, 6) is 0.391. The molecule has 0 fully saturated rings. The van der Waals surface area contributed by atoms with Gasteiger partial charge in [0.1, 0.15) is 5.82 Å². The summed E-state index contributed by atoms with van der Waals surface area (Å²) in [6, 6.07) is 5.35. The van der Waals surface area contributed by atoms with E-state index < -0.39 is 11.7 Å². The zero-order chi connectivity index (χ0) is 14.2. The summed E-state index contributed by atoms with van der Waals surface area (Å²) in [5.41, 5.74) is 6.73. The van der Waals surface area contributed by atoms with Crippen LogP contribution in [0.5, 0.6) is 0 Å². The molecular formula is C13H10ClF3N2. The van der Waals surface area contributed by atoms with Crippen molar-refractivity contribution in [1.29, 1.82) is 0 Å². The van der Waals surface area contributed by atoms with E-state index in [1.165, 1.54) is 18.3 Å². The van der Waals surface area contributed by atoms with Crippen LogP contribution in [0.3, 0.4) is 0 Å². The molecule has 100 valence electrons. The average Bonchev–Trinajstić information content (AvgIpc) is 2.31. The minimum atomic E-state index is -4.45. The number of hydrogen-bond donors (Lipinski definition) is 1. The Balaban J connectivity index is 2.47. The molecule has 2 rings (SSSR count). The third kappa shape index (κ3) is 2.81. The molecule has 1 aromatic carbocycles. The molecule has 2 nitrogen and oxygen atoms in total. The van der Waals surface area contributed by atoms with Crippen molar-refractivity contribution in [3.63, 3.8) is 0 Å². The topological polar surface area (TPSA) is 38.9 Å². The van der Waals surface area contributed by atoms with Gasteiger partial charge in [-0.2, -0.15) is 13.2 Å². The molecule has 2 aromatic rings. The summed E-state index contributed by atoms with van der Waals surface area (Å²) in [7, 11) is 0. The van der Waals surface area contributed by atoms with Gasteiger partial charge < -0.3 is 5.73 Å². The predicted octanol–water partition coefficient (Wildman–Crippen LogP) is 4.31. The lowest BCUT2D eigenvalue weighted by atomic mass is 10.0. The van der Waals surface area contributed by atoms with Gasteiger partial charge in [0.25, 0.3) is 0 Å². The minimum absolute atomic E-state index is 0.334. The predicted molar refractivity (Wildman–Crippen MR) is 68.8 cm³/mol.